The predicted octanol–water partition coefficient (Wildman–Crippen LogP) is 1.35. The summed E-state index contributed by atoms with van der Waals surface area (Å²) in [5.74, 6) is -1.04. The van der Waals surface area contributed by atoms with E-state index in [-0.39, 0.29) is 18.4 Å². The number of carbonyl (C=O) groups excluding carboxylic acids is 4. The molecule has 0 radical (unpaired) electrons. The normalized spacial score (nSPS) is 20.9. The van der Waals surface area contributed by atoms with E-state index in [0.29, 0.717) is 50.4 Å². The van der Waals surface area contributed by atoms with Crippen molar-refractivity contribution in [3.8, 4) is 0 Å². The molecule has 1 aromatic rings. The van der Waals surface area contributed by atoms with Crippen LogP contribution in [0.15, 0.2) is 24.3 Å². The highest BCUT2D eigenvalue weighted by Crippen LogP contribution is 2.33. The zero-order chi connectivity index (χ0) is 21.1. The van der Waals surface area contributed by atoms with Crippen LogP contribution in [-0.2, 0) is 14.3 Å². The Balaban J connectivity index is 1.44. The van der Waals surface area contributed by atoms with Gasteiger partial charge in [-0.1, -0.05) is 31.4 Å². The number of ether oxygens (including phenoxy) is 1. The molecule has 0 atom stereocenters. The van der Waals surface area contributed by atoms with Crippen molar-refractivity contribution in [2.24, 2.45) is 0 Å². The number of imide groups is 1. The second kappa shape index (κ2) is 8.43. The van der Waals surface area contributed by atoms with Gasteiger partial charge in [-0.25, -0.2) is 4.79 Å². The summed E-state index contributed by atoms with van der Waals surface area (Å²) in [6, 6.07) is 6.21. The molecule has 9 nitrogen and oxygen atoms in total. The third kappa shape index (κ3) is 3.89. The number of hydrogen-bond acceptors (Lipinski definition) is 5. The van der Waals surface area contributed by atoms with Crippen LogP contribution in [0.4, 0.5) is 10.5 Å². The minimum Gasteiger partial charge on any atom is -0.378 e. The van der Waals surface area contributed by atoms with Crippen LogP contribution in [0.25, 0.3) is 0 Å². The lowest BCUT2D eigenvalue weighted by Crippen LogP contribution is -2.48. The van der Waals surface area contributed by atoms with Crippen molar-refractivity contribution >= 4 is 29.4 Å². The Morgan fingerprint density at radius 3 is 2.50 bits per heavy atom. The highest BCUT2D eigenvalue weighted by atomic mass is 16.5. The third-order valence-electron chi connectivity index (χ3n) is 5.98. The number of morpholine rings is 1. The van der Waals surface area contributed by atoms with Gasteiger partial charge in [-0.2, -0.15) is 0 Å². The largest absolute Gasteiger partial charge is 0.378 e. The predicted molar refractivity (Wildman–Crippen MR) is 108 cm³/mol. The minimum absolute atomic E-state index is 0.189. The SMILES string of the molecule is O=C(CN1C(=O)NC2(CCCCC2)C1=O)Nc1ccccc1C(=O)N1CCOCC1. The lowest BCUT2D eigenvalue weighted by molar-refractivity contribution is -0.134. The first-order chi connectivity index (χ1) is 14.5. The lowest BCUT2D eigenvalue weighted by Gasteiger charge is -2.30. The Kier molecular flexibility index (Phi) is 5.72. The lowest BCUT2D eigenvalue weighted by atomic mass is 9.82. The van der Waals surface area contributed by atoms with Crippen LogP contribution in [0.3, 0.4) is 0 Å². The summed E-state index contributed by atoms with van der Waals surface area (Å²) in [7, 11) is 0. The zero-order valence-corrected chi connectivity index (χ0v) is 16.8. The first-order valence-electron chi connectivity index (χ1n) is 10.4. The van der Waals surface area contributed by atoms with Gasteiger partial charge in [-0.3, -0.25) is 19.3 Å². The molecule has 2 heterocycles. The molecule has 0 unspecified atom stereocenters. The molecule has 0 bridgehead atoms. The minimum atomic E-state index is -0.861. The number of nitrogens with zero attached hydrogens (tertiary/aromatic N) is 2. The average molecular weight is 414 g/mol. The highest BCUT2D eigenvalue weighted by molar-refractivity contribution is 6.11. The van der Waals surface area contributed by atoms with Crippen LogP contribution in [0.5, 0.6) is 0 Å². The molecule has 3 aliphatic rings. The molecule has 1 aromatic carbocycles. The molecule has 9 heteroatoms. The van der Waals surface area contributed by atoms with E-state index in [0.717, 1.165) is 24.2 Å². The molecule has 30 heavy (non-hydrogen) atoms. The monoisotopic (exact) mass is 414 g/mol. The van der Waals surface area contributed by atoms with E-state index < -0.39 is 17.5 Å². The molecule has 3 fully saturated rings. The van der Waals surface area contributed by atoms with Crippen LogP contribution >= 0.6 is 0 Å². The van der Waals surface area contributed by atoms with Gasteiger partial charge in [0.25, 0.3) is 11.8 Å². The number of carbonyl (C=O) groups is 4. The number of benzene rings is 1. The summed E-state index contributed by atoms with van der Waals surface area (Å²) in [5, 5.41) is 5.49. The van der Waals surface area contributed by atoms with Crippen LogP contribution < -0.4 is 10.6 Å². The van der Waals surface area contributed by atoms with Gasteiger partial charge in [-0.15, -0.1) is 0 Å². The van der Waals surface area contributed by atoms with Gasteiger partial charge < -0.3 is 20.3 Å². The summed E-state index contributed by atoms with van der Waals surface area (Å²) in [6.07, 6.45) is 4.00. The van der Waals surface area contributed by atoms with Gasteiger partial charge in [0, 0.05) is 13.1 Å². The van der Waals surface area contributed by atoms with E-state index >= 15 is 0 Å². The number of rotatable bonds is 4. The number of urea groups is 1. The van der Waals surface area contributed by atoms with Crippen LogP contribution in [-0.4, -0.2) is 71.9 Å². The van der Waals surface area contributed by atoms with E-state index in [2.05, 4.69) is 10.6 Å². The summed E-state index contributed by atoms with van der Waals surface area (Å²) < 4.78 is 5.28. The molecule has 2 N–H and O–H groups in total. The second-order valence-electron chi connectivity index (χ2n) is 7.96. The summed E-state index contributed by atoms with van der Waals surface area (Å²) in [4.78, 5) is 53.4. The Bertz CT molecular complexity index is 859. The topological polar surface area (TPSA) is 108 Å². The summed E-state index contributed by atoms with van der Waals surface area (Å²) >= 11 is 0. The zero-order valence-electron chi connectivity index (χ0n) is 16.8. The number of amides is 5. The maximum absolute atomic E-state index is 12.9. The number of anilines is 1. The first kappa shape index (κ1) is 20.3. The van der Waals surface area contributed by atoms with Gasteiger partial charge in [-0.05, 0) is 25.0 Å². The molecular formula is C21H26N4O5. The highest BCUT2D eigenvalue weighted by Gasteiger charge is 2.51. The number of nitrogens with one attached hydrogen (secondary N) is 2. The molecule has 2 saturated heterocycles. The van der Waals surface area contributed by atoms with Crippen molar-refractivity contribution in [2.75, 3.05) is 38.2 Å². The number of hydrogen-bond donors (Lipinski definition) is 2. The van der Waals surface area contributed by atoms with E-state index in [4.69, 9.17) is 4.74 Å². The van der Waals surface area contributed by atoms with Crippen LogP contribution in [0.1, 0.15) is 42.5 Å². The third-order valence-corrected chi connectivity index (χ3v) is 5.98. The Morgan fingerprint density at radius 2 is 1.77 bits per heavy atom. The van der Waals surface area contributed by atoms with Crippen molar-refractivity contribution in [1.29, 1.82) is 0 Å². The Labute approximate surface area is 174 Å². The molecule has 0 aromatic heterocycles. The molecule has 1 aliphatic carbocycles. The maximum atomic E-state index is 12.9. The molecule has 1 spiro atoms. The Hall–Kier alpha value is -2.94. The fourth-order valence-corrected chi connectivity index (χ4v) is 4.36. The van der Waals surface area contributed by atoms with Gasteiger partial charge in [0.15, 0.2) is 0 Å². The first-order valence-corrected chi connectivity index (χ1v) is 10.4. The number of para-hydroxylation sites is 1. The van der Waals surface area contributed by atoms with E-state index in [1.165, 1.54) is 0 Å². The molecule has 160 valence electrons. The standard InChI is InChI=1S/C21H26N4O5/c26-17(14-25-19(28)21(23-20(25)29)8-4-1-5-9-21)22-16-7-3-2-6-15(16)18(27)24-10-12-30-13-11-24/h2-3,6-7H,1,4-5,8-14H2,(H,22,26)(H,23,29). The average Bonchev–Trinajstić information content (AvgIpc) is 2.98. The fourth-order valence-electron chi connectivity index (χ4n) is 4.36. The molecule has 1 saturated carbocycles. The van der Waals surface area contributed by atoms with Crippen LogP contribution in [0, 0.1) is 0 Å². The van der Waals surface area contributed by atoms with Crippen molar-refractivity contribution in [3.05, 3.63) is 29.8 Å². The van der Waals surface area contributed by atoms with Crippen molar-refractivity contribution in [2.45, 2.75) is 37.6 Å². The summed E-state index contributed by atoms with van der Waals surface area (Å²) in [6.45, 7) is 1.56. The van der Waals surface area contributed by atoms with Crippen LogP contribution in [0.2, 0.25) is 0 Å². The van der Waals surface area contributed by atoms with Gasteiger partial charge in [0.1, 0.15) is 12.1 Å². The van der Waals surface area contributed by atoms with Crippen molar-refractivity contribution in [3.63, 3.8) is 0 Å². The van der Waals surface area contributed by atoms with E-state index in [1.807, 2.05) is 0 Å². The fraction of sp³-hybridized carbons (Fsp3) is 0.524. The quantitative estimate of drug-likeness (QED) is 0.723. The maximum Gasteiger partial charge on any atom is 0.325 e. The molecular weight excluding hydrogens is 388 g/mol. The van der Waals surface area contributed by atoms with Crippen molar-refractivity contribution in [1.82, 2.24) is 15.1 Å². The molecule has 2 aliphatic heterocycles. The van der Waals surface area contributed by atoms with Gasteiger partial charge in [0.05, 0.1) is 24.5 Å². The second-order valence-corrected chi connectivity index (χ2v) is 7.96. The van der Waals surface area contributed by atoms with Crippen molar-refractivity contribution < 1.29 is 23.9 Å². The summed E-state index contributed by atoms with van der Waals surface area (Å²) in [5.41, 5.74) is -0.132. The van der Waals surface area contributed by atoms with Gasteiger partial charge >= 0.3 is 6.03 Å². The molecule has 4 rings (SSSR count). The smallest absolute Gasteiger partial charge is 0.325 e. The van der Waals surface area contributed by atoms with E-state index in [9.17, 15) is 19.2 Å². The van der Waals surface area contributed by atoms with Gasteiger partial charge in [0.2, 0.25) is 5.91 Å². The molecule has 5 amide bonds. The Morgan fingerprint density at radius 1 is 1.07 bits per heavy atom. The van der Waals surface area contributed by atoms with E-state index in [1.54, 1.807) is 29.2 Å².